The van der Waals surface area contributed by atoms with Crippen molar-refractivity contribution in [1.29, 1.82) is 0 Å². The Morgan fingerprint density at radius 1 is 1.50 bits per heavy atom. The zero-order valence-electron chi connectivity index (χ0n) is 9.12. The van der Waals surface area contributed by atoms with E-state index in [0.29, 0.717) is 29.8 Å². The Hall–Kier alpha value is -1.99. The summed E-state index contributed by atoms with van der Waals surface area (Å²) in [4.78, 5) is 11.2. The Morgan fingerprint density at radius 3 is 2.81 bits per heavy atom. The number of nitrogens with two attached hydrogens (primary N) is 2. The lowest BCUT2D eigenvalue weighted by molar-refractivity contribution is 0.0999. The van der Waals surface area contributed by atoms with E-state index in [-0.39, 0.29) is 0 Å². The second-order valence-corrected chi connectivity index (χ2v) is 3.12. The van der Waals surface area contributed by atoms with Crippen molar-refractivity contribution in [3.8, 4) is 17.6 Å². The number of hydrogen-bond donors (Lipinski definition) is 2. The molecule has 0 aliphatic rings. The van der Waals surface area contributed by atoms with Crippen LogP contribution in [-0.4, -0.2) is 19.6 Å². The number of carbonyl (C=O) groups excluding carboxylic acids is 1. The Labute approximate surface area is 94.6 Å². The van der Waals surface area contributed by atoms with Crippen LogP contribution in [0.25, 0.3) is 0 Å². The zero-order valence-corrected chi connectivity index (χ0v) is 9.12. The number of rotatable bonds is 3. The third-order valence-electron chi connectivity index (χ3n) is 1.98. The van der Waals surface area contributed by atoms with Crippen LogP contribution in [0.1, 0.15) is 22.3 Å². The molecule has 1 rings (SSSR count). The lowest BCUT2D eigenvalue weighted by atomic mass is 10.1. The maximum atomic E-state index is 11.2. The average Bonchev–Trinajstić information content (AvgIpc) is 2.29. The Morgan fingerprint density at radius 2 is 2.25 bits per heavy atom. The number of primary amides is 1. The van der Waals surface area contributed by atoms with Crippen LogP contribution in [0.4, 0.5) is 0 Å². The highest BCUT2D eigenvalue weighted by Gasteiger charge is 2.07. The smallest absolute Gasteiger partial charge is 0.250 e. The lowest BCUT2D eigenvalue weighted by Gasteiger charge is -2.03. The van der Waals surface area contributed by atoms with Gasteiger partial charge in [-0.05, 0) is 18.2 Å². The van der Waals surface area contributed by atoms with E-state index in [1.54, 1.807) is 18.2 Å². The molecule has 0 saturated heterocycles. The van der Waals surface area contributed by atoms with Crippen LogP contribution < -0.4 is 16.2 Å². The van der Waals surface area contributed by atoms with Crippen molar-refractivity contribution in [3.05, 3.63) is 29.3 Å². The van der Waals surface area contributed by atoms with E-state index in [4.69, 9.17) is 16.2 Å². The number of amides is 1. The van der Waals surface area contributed by atoms with Gasteiger partial charge in [-0.25, -0.2) is 0 Å². The fourth-order valence-electron chi connectivity index (χ4n) is 1.19. The molecule has 1 aromatic rings. The summed E-state index contributed by atoms with van der Waals surface area (Å²) in [6.45, 7) is 0.495. The third-order valence-corrected chi connectivity index (χ3v) is 1.98. The molecule has 0 radical (unpaired) electrons. The lowest BCUT2D eigenvalue weighted by Crippen LogP contribution is -2.13. The minimum absolute atomic E-state index is 0.365. The summed E-state index contributed by atoms with van der Waals surface area (Å²) >= 11 is 0. The van der Waals surface area contributed by atoms with Gasteiger partial charge in [0.25, 0.3) is 0 Å². The number of methoxy groups -OCH3 is 1. The van der Waals surface area contributed by atoms with Crippen molar-refractivity contribution in [2.45, 2.75) is 6.42 Å². The van der Waals surface area contributed by atoms with Crippen LogP contribution in [0.15, 0.2) is 18.2 Å². The Bertz CT molecular complexity index is 444. The van der Waals surface area contributed by atoms with E-state index >= 15 is 0 Å². The van der Waals surface area contributed by atoms with Crippen molar-refractivity contribution >= 4 is 5.91 Å². The van der Waals surface area contributed by atoms with Crippen LogP contribution in [-0.2, 0) is 0 Å². The summed E-state index contributed by atoms with van der Waals surface area (Å²) in [7, 11) is 1.53. The fourth-order valence-corrected chi connectivity index (χ4v) is 1.19. The molecule has 0 fully saturated rings. The second kappa shape index (κ2) is 5.79. The quantitative estimate of drug-likeness (QED) is 0.725. The predicted molar refractivity (Wildman–Crippen MR) is 62.1 cm³/mol. The summed E-state index contributed by atoms with van der Waals surface area (Å²) in [6.07, 6.45) is 0.588. The minimum Gasteiger partial charge on any atom is -0.497 e. The molecule has 4 heteroatoms. The standard InChI is InChI=1S/C12H14N2O2/c1-16-10-6-5-9(4-2-3-7-13)11(8-10)12(14)15/h5-6,8H,3,7,13H2,1H3,(H2,14,15). The van der Waals surface area contributed by atoms with E-state index in [9.17, 15) is 4.79 Å². The van der Waals surface area contributed by atoms with E-state index in [1.165, 1.54) is 7.11 Å². The Kier molecular flexibility index (Phi) is 4.37. The number of carbonyl (C=O) groups is 1. The van der Waals surface area contributed by atoms with Gasteiger partial charge in [0, 0.05) is 18.5 Å². The highest BCUT2D eigenvalue weighted by molar-refractivity contribution is 5.95. The molecule has 0 aliphatic carbocycles. The molecule has 16 heavy (non-hydrogen) atoms. The third kappa shape index (κ3) is 3.01. The maximum Gasteiger partial charge on any atom is 0.250 e. The van der Waals surface area contributed by atoms with Crippen molar-refractivity contribution in [1.82, 2.24) is 0 Å². The molecule has 0 atom stereocenters. The van der Waals surface area contributed by atoms with Gasteiger partial charge in [0.2, 0.25) is 5.91 Å². The first-order chi connectivity index (χ1) is 7.69. The van der Waals surface area contributed by atoms with Crippen LogP contribution in [0.5, 0.6) is 5.75 Å². The molecule has 0 heterocycles. The van der Waals surface area contributed by atoms with E-state index in [0.717, 1.165) is 0 Å². The van der Waals surface area contributed by atoms with Gasteiger partial charge in [-0.1, -0.05) is 11.8 Å². The molecule has 0 bridgehead atoms. The molecule has 0 saturated carbocycles. The molecule has 0 unspecified atom stereocenters. The normalized spacial score (nSPS) is 9.12. The number of hydrogen-bond acceptors (Lipinski definition) is 3. The second-order valence-electron chi connectivity index (χ2n) is 3.12. The van der Waals surface area contributed by atoms with Crippen molar-refractivity contribution in [3.63, 3.8) is 0 Å². The van der Waals surface area contributed by atoms with Crippen LogP contribution in [0.2, 0.25) is 0 Å². The van der Waals surface area contributed by atoms with Crippen molar-refractivity contribution in [2.75, 3.05) is 13.7 Å². The van der Waals surface area contributed by atoms with E-state index < -0.39 is 5.91 Å². The Balaban J connectivity index is 3.09. The topological polar surface area (TPSA) is 78.3 Å². The SMILES string of the molecule is COc1ccc(C#CCCN)c(C(N)=O)c1. The van der Waals surface area contributed by atoms with Crippen molar-refractivity contribution < 1.29 is 9.53 Å². The first-order valence-electron chi connectivity index (χ1n) is 4.86. The number of benzene rings is 1. The van der Waals surface area contributed by atoms with E-state index in [1.807, 2.05) is 0 Å². The van der Waals surface area contributed by atoms with Crippen LogP contribution >= 0.6 is 0 Å². The fraction of sp³-hybridized carbons (Fsp3) is 0.250. The first kappa shape index (κ1) is 12.1. The highest BCUT2D eigenvalue weighted by Crippen LogP contribution is 2.16. The van der Waals surface area contributed by atoms with E-state index in [2.05, 4.69) is 11.8 Å². The van der Waals surface area contributed by atoms with Crippen LogP contribution in [0.3, 0.4) is 0 Å². The predicted octanol–water partition coefficient (Wildman–Crippen LogP) is 0.494. The molecule has 1 aromatic carbocycles. The van der Waals surface area contributed by atoms with Gasteiger partial charge in [0.1, 0.15) is 5.75 Å². The summed E-state index contributed by atoms with van der Waals surface area (Å²) in [5.74, 6) is 5.78. The van der Waals surface area contributed by atoms with Gasteiger partial charge < -0.3 is 16.2 Å². The maximum absolute atomic E-state index is 11.2. The van der Waals surface area contributed by atoms with Gasteiger partial charge in [-0.3, -0.25) is 4.79 Å². The monoisotopic (exact) mass is 218 g/mol. The summed E-state index contributed by atoms with van der Waals surface area (Å²) in [5.41, 5.74) is 11.5. The number of ether oxygens (including phenoxy) is 1. The average molecular weight is 218 g/mol. The molecule has 0 aliphatic heterocycles. The molecule has 84 valence electrons. The van der Waals surface area contributed by atoms with Gasteiger partial charge >= 0.3 is 0 Å². The molecular weight excluding hydrogens is 204 g/mol. The molecular formula is C12H14N2O2. The van der Waals surface area contributed by atoms with Gasteiger partial charge in [-0.15, -0.1) is 0 Å². The van der Waals surface area contributed by atoms with Crippen molar-refractivity contribution in [2.24, 2.45) is 11.5 Å². The van der Waals surface area contributed by atoms with Gasteiger partial charge in [-0.2, -0.15) is 0 Å². The molecule has 4 nitrogen and oxygen atoms in total. The molecule has 1 amide bonds. The zero-order chi connectivity index (χ0) is 12.0. The van der Waals surface area contributed by atoms with Crippen LogP contribution in [0, 0.1) is 11.8 Å². The summed E-state index contributed by atoms with van der Waals surface area (Å²) in [6, 6.07) is 5.02. The minimum atomic E-state index is -0.518. The summed E-state index contributed by atoms with van der Waals surface area (Å²) < 4.78 is 5.01. The van der Waals surface area contributed by atoms with Gasteiger partial charge in [0.05, 0.1) is 12.7 Å². The summed E-state index contributed by atoms with van der Waals surface area (Å²) in [5, 5.41) is 0. The molecule has 0 spiro atoms. The largest absolute Gasteiger partial charge is 0.497 e. The highest BCUT2D eigenvalue weighted by atomic mass is 16.5. The van der Waals surface area contributed by atoms with Gasteiger partial charge in [0.15, 0.2) is 0 Å². The molecule has 0 aromatic heterocycles. The first-order valence-corrected chi connectivity index (χ1v) is 4.86. The molecule has 4 N–H and O–H groups in total.